The van der Waals surface area contributed by atoms with E-state index in [1.165, 1.54) is 12.5 Å². The number of halogens is 1. The van der Waals surface area contributed by atoms with Gasteiger partial charge in [-0.25, -0.2) is 4.39 Å². The molecule has 0 spiro atoms. The maximum Gasteiger partial charge on any atom is 0.488 e. The van der Waals surface area contributed by atoms with Gasteiger partial charge in [-0.1, -0.05) is 18.6 Å². The summed E-state index contributed by atoms with van der Waals surface area (Å²) in [4.78, 5) is 2.32. The summed E-state index contributed by atoms with van der Waals surface area (Å²) in [5.41, 5.74) is 0.811. The van der Waals surface area contributed by atoms with E-state index < -0.39 is 7.12 Å². The molecular formula is C14H21BFNO2. The highest BCUT2D eigenvalue weighted by molar-refractivity contribution is 6.58. The maximum absolute atomic E-state index is 14.0. The lowest BCUT2D eigenvalue weighted by molar-refractivity contribution is 0.0940. The Labute approximate surface area is 114 Å². The van der Waals surface area contributed by atoms with Gasteiger partial charge in [0.25, 0.3) is 0 Å². The normalized spacial score (nSPS) is 24.5. The van der Waals surface area contributed by atoms with Crippen molar-refractivity contribution in [3.63, 3.8) is 0 Å². The third kappa shape index (κ3) is 3.35. The molecule has 2 rings (SSSR count). The molecule has 0 radical (unpaired) electrons. The van der Waals surface area contributed by atoms with Crippen molar-refractivity contribution in [1.29, 1.82) is 0 Å². The number of hydrogen-bond donors (Lipinski definition) is 2. The van der Waals surface area contributed by atoms with Crippen molar-refractivity contribution in [3.8, 4) is 0 Å². The Morgan fingerprint density at radius 1 is 1.26 bits per heavy atom. The lowest BCUT2D eigenvalue weighted by Gasteiger charge is -2.39. The van der Waals surface area contributed by atoms with Gasteiger partial charge in [-0.15, -0.1) is 0 Å². The van der Waals surface area contributed by atoms with Gasteiger partial charge >= 0.3 is 7.12 Å². The van der Waals surface area contributed by atoms with E-state index >= 15 is 0 Å². The van der Waals surface area contributed by atoms with Crippen molar-refractivity contribution in [2.45, 2.75) is 51.7 Å². The van der Waals surface area contributed by atoms with Crippen LogP contribution in [0.4, 0.5) is 4.39 Å². The van der Waals surface area contributed by atoms with E-state index in [0.29, 0.717) is 24.2 Å². The molecule has 0 aliphatic carbocycles. The largest absolute Gasteiger partial charge is 0.488 e. The highest BCUT2D eigenvalue weighted by Gasteiger charge is 2.25. The molecule has 1 heterocycles. The molecule has 0 unspecified atom stereocenters. The van der Waals surface area contributed by atoms with Gasteiger partial charge < -0.3 is 10.0 Å². The van der Waals surface area contributed by atoms with Crippen LogP contribution in [0, 0.1) is 5.82 Å². The van der Waals surface area contributed by atoms with Gasteiger partial charge in [0.1, 0.15) is 5.82 Å². The fourth-order valence-corrected chi connectivity index (χ4v) is 2.84. The number of hydrogen-bond acceptors (Lipinski definition) is 3. The van der Waals surface area contributed by atoms with Crippen LogP contribution in [0.3, 0.4) is 0 Å². The van der Waals surface area contributed by atoms with Crippen LogP contribution in [-0.2, 0) is 6.54 Å². The van der Waals surface area contributed by atoms with Crippen LogP contribution < -0.4 is 5.46 Å². The average molecular weight is 265 g/mol. The molecule has 2 N–H and O–H groups in total. The lowest BCUT2D eigenvalue weighted by atomic mass is 9.80. The molecule has 1 saturated heterocycles. The molecule has 0 amide bonds. The van der Waals surface area contributed by atoms with Crippen LogP contribution in [0.2, 0.25) is 0 Å². The molecule has 0 bridgehead atoms. The summed E-state index contributed by atoms with van der Waals surface area (Å²) >= 11 is 0. The standard InChI is InChI=1S/C14H21BFNO2/c1-10-4-3-5-11(2)17(10)9-12-6-7-13(15(18)19)8-14(12)16/h6-8,10-11,18-19H,3-5,9H2,1-2H3/t10-,11+. The number of nitrogens with zero attached hydrogens (tertiary/aromatic N) is 1. The zero-order chi connectivity index (χ0) is 14.0. The van der Waals surface area contributed by atoms with E-state index in [0.717, 1.165) is 12.8 Å². The average Bonchev–Trinajstić information content (AvgIpc) is 2.35. The first-order chi connectivity index (χ1) is 8.99. The second-order valence-corrected chi connectivity index (χ2v) is 5.53. The first-order valence-corrected chi connectivity index (χ1v) is 6.89. The smallest absolute Gasteiger partial charge is 0.423 e. The second-order valence-electron chi connectivity index (χ2n) is 5.53. The molecule has 1 aromatic carbocycles. The fourth-order valence-electron chi connectivity index (χ4n) is 2.84. The molecule has 1 fully saturated rings. The SMILES string of the molecule is C[C@@H]1CCC[C@H](C)N1Cc1ccc(B(O)O)cc1F. The van der Waals surface area contributed by atoms with Crippen LogP contribution in [-0.4, -0.2) is 34.2 Å². The summed E-state index contributed by atoms with van der Waals surface area (Å²) in [7, 11) is -1.61. The number of benzene rings is 1. The molecule has 0 saturated carbocycles. The predicted octanol–water partition coefficient (Wildman–Crippen LogP) is 1.27. The van der Waals surface area contributed by atoms with E-state index in [4.69, 9.17) is 10.0 Å². The Balaban J connectivity index is 2.14. The molecule has 19 heavy (non-hydrogen) atoms. The van der Waals surface area contributed by atoms with Gasteiger partial charge in [-0.2, -0.15) is 0 Å². The fraction of sp³-hybridized carbons (Fsp3) is 0.571. The summed E-state index contributed by atoms with van der Waals surface area (Å²) in [5.74, 6) is -0.365. The van der Waals surface area contributed by atoms with E-state index in [-0.39, 0.29) is 11.3 Å². The van der Waals surface area contributed by atoms with Crippen molar-refractivity contribution in [1.82, 2.24) is 4.90 Å². The predicted molar refractivity (Wildman–Crippen MR) is 74.5 cm³/mol. The topological polar surface area (TPSA) is 43.7 Å². The number of likely N-dealkylation sites (tertiary alicyclic amines) is 1. The summed E-state index contributed by atoms with van der Waals surface area (Å²) in [6, 6.07) is 5.36. The molecule has 104 valence electrons. The summed E-state index contributed by atoms with van der Waals surface area (Å²) in [6.45, 7) is 4.94. The zero-order valence-corrected chi connectivity index (χ0v) is 11.5. The minimum absolute atomic E-state index is 0.195. The van der Waals surface area contributed by atoms with Crippen LogP contribution >= 0.6 is 0 Å². The number of piperidine rings is 1. The Morgan fingerprint density at radius 2 is 1.89 bits per heavy atom. The summed E-state index contributed by atoms with van der Waals surface area (Å²) in [5, 5.41) is 18.0. The van der Waals surface area contributed by atoms with Crippen molar-refractivity contribution < 1.29 is 14.4 Å². The van der Waals surface area contributed by atoms with Crippen molar-refractivity contribution >= 4 is 12.6 Å². The van der Waals surface area contributed by atoms with Gasteiger partial charge in [0.2, 0.25) is 0 Å². The molecular weight excluding hydrogens is 244 g/mol. The Morgan fingerprint density at radius 3 is 2.42 bits per heavy atom. The molecule has 1 aliphatic rings. The van der Waals surface area contributed by atoms with E-state index in [2.05, 4.69) is 18.7 Å². The molecule has 1 aromatic rings. The van der Waals surface area contributed by atoms with Gasteiger partial charge in [0.15, 0.2) is 0 Å². The first-order valence-electron chi connectivity index (χ1n) is 6.89. The highest BCUT2D eigenvalue weighted by Crippen LogP contribution is 2.25. The van der Waals surface area contributed by atoms with Crippen molar-refractivity contribution in [2.75, 3.05) is 0 Å². The van der Waals surface area contributed by atoms with Gasteiger partial charge in [-0.3, -0.25) is 4.90 Å². The summed E-state index contributed by atoms with van der Waals surface area (Å²) in [6.07, 6.45) is 3.54. The van der Waals surface area contributed by atoms with Crippen molar-refractivity contribution in [3.05, 3.63) is 29.6 Å². The van der Waals surface area contributed by atoms with Gasteiger partial charge in [0.05, 0.1) is 0 Å². The molecule has 2 atom stereocenters. The van der Waals surface area contributed by atoms with Gasteiger partial charge in [0, 0.05) is 24.2 Å². The third-order valence-electron chi connectivity index (χ3n) is 4.10. The monoisotopic (exact) mass is 265 g/mol. The Hall–Kier alpha value is -0.905. The lowest BCUT2D eigenvalue weighted by Crippen LogP contribution is -2.43. The van der Waals surface area contributed by atoms with E-state index in [9.17, 15) is 4.39 Å². The zero-order valence-electron chi connectivity index (χ0n) is 11.5. The minimum atomic E-state index is -1.61. The maximum atomic E-state index is 14.0. The van der Waals surface area contributed by atoms with E-state index in [1.807, 2.05) is 0 Å². The minimum Gasteiger partial charge on any atom is -0.423 e. The Kier molecular flexibility index (Phi) is 4.60. The molecule has 1 aliphatic heterocycles. The van der Waals surface area contributed by atoms with Crippen molar-refractivity contribution in [2.24, 2.45) is 0 Å². The second kappa shape index (κ2) is 6.03. The molecule has 5 heteroatoms. The number of rotatable bonds is 3. The first kappa shape index (κ1) is 14.5. The van der Waals surface area contributed by atoms with E-state index in [1.54, 1.807) is 12.1 Å². The van der Waals surface area contributed by atoms with Crippen LogP contribution in [0.5, 0.6) is 0 Å². The van der Waals surface area contributed by atoms with Crippen LogP contribution in [0.1, 0.15) is 38.7 Å². The van der Waals surface area contributed by atoms with Crippen LogP contribution in [0.15, 0.2) is 18.2 Å². The molecule has 0 aromatic heterocycles. The summed E-state index contributed by atoms with van der Waals surface area (Å²) < 4.78 is 14.0. The van der Waals surface area contributed by atoms with Gasteiger partial charge in [-0.05, 0) is 38.2 Å². The quantitative estimate of drug-likeness (QED) is 0.809. The Bertz CT molecular complexity index is 431. The highest BCUT2D eigenvalue weighted by atomic mass is 19.1. The van der Waals surface area contributed by atoms with Crippen LogP contribution in [0.25, 0.3) is 0 Å². The third-order valence-corrected chi connectivity index (χ3v) is 4.10. The molecule has 3 nitrogen and oxygen atoms in total.